The standard InChI is InChI=1S/C34H31F6N9O2/c1-19-14-48(17-30(50)44-19)15-20-9-25-26(27(10-20)34(38,39)40)16-49(32(25)51)29-12-21(11-28(45-29)42-8-4-3-7-41)24-13-22(33(35,36)37)5-6-23(24)31-46-43-18-47(31)2/h5-6,9-13,18-19H,3-4,8,14-17H2,1-2H3,(H,42,45)(H,44,50)/t19-/m0/s1. The normalized spacial score (nSPS) is 16.6. The van der Waals surface area contributed by atoms with E-state index in [2.05, 4.69) is 25.8 Å². The van der Waals surface area contributed by atoms with Crippen molar-refractivity contribution in [2.24, 2.45) is 7.05 Å². The number of pyridine rings is 1. The molecule has 2 N–H and O–H groups in total. The highest BCUT2D eigenvalue weighted by Gasteiger charge is 2.41. The number of amides is 2. The molecule has 0 radical (unpaired) electrons. The van der Waals surface area contributed by atoms with Crippen LogP contribution in [-0.4, -0.2) is 62.1 Å². The van der Waals surface area contributed by atoms with Gasteiger partial charge in [0.2, 0.25) is 5.91 Å². The van der Waals surface area contributed by atoms with Crippen LogP contribution in [0.2, 0.25) is 0 Å². The van der Waals surface area contributed by atoms with Gasteiger partial charge in [0, 0.05) is 50.3 Å². The highest BCUT2D eigenvalue weighted by Crippen LogP contribution is 2.42. The van der Waals surface area contributed by atoms with Gasteiger partial charge in [-0.15, -0.1) is 10.2 Å². The molecule has 6 rings (SSSR count). The molecule has 0 saturated carbocycles. The van der Waals surface area contributed by atoms with E-state index in [4.69, 9.17) is 5.26 Å². The molecule has 0 spiro atoms. The number of hydrogen-bond donors (Lipinski definition) is 2. The molecule has 2 amide bonds. The minimum absolute atomic E-state index is 0.00767. The molecule has 4 aromatic rings. The van der Waals surface area contributed by atoms with Crippen molar-refractivity contribution in [1.82, 2.24) is 30.0 Å². The number of rotatable bonds is 9. The molecule has 0 aliphatic carbocycles. The summed E-state index contributed by atoms with van der Waals surface area (Å²) in [6.45, 7) is 1.89. The van der Waals surface area contributed by atoms with Crippen molar-refractivity contribution in [3.8, 4) is 28.6 Å². The third-order valence-electron chi connectivity index (χ3n) is 8.59. The van der Waals surface area contributed by atoms with Gasteiger partial charge in [-0.3, -0.25) is 19.4 Å². The number of aryl methyl sites for hydroxylation is 1. The third kappa shape index (κ3) is 7.50. The Labute approximate surface area is 287 Å². The molecular formula is C34H31F6N9O2. The fraction of sp³-hybridized carbons (Fsp3) is 0.353. The van der Waals surface area contributed by atoms with Crippen molar-refractivity contribution >= 4 is 23.5 Å². The van der Waals surface area contributed by atoms with Crippen LogP contribution in [0.25, 0.3) is 22.5 Å². The van der Waals surface area contributed by atoms with Crippen LogP contribution in [0, 0.1) is 11.3 Å². The Kier molecular flexibility index (Phi) is 9.47. The second-order valence-electron chi connectivity index (χ2n) is 12.5. The molecule has 11 nitrogen and oxygen atoms in total. The Balaban J connectivity index is 1.45. The summed E-state index contributed by atoms with van der Waals surface area (Å²) in [7, 11) is 1.62. The molecule has 266 valence electrons. The van der Waals surface area contributed by atoms with Gasteiger partial charge in [-0.2, -0.15) is 31.6 Å². The Morgan fingerprint density at radius 1 is 1.00 bits per heavy atom. The molecule has 4 heterocycles. The van der Waals surface area contributed by atoms with Gasteiger partial charge < -0.3 is 15.2 Å². The van der Waals surface area contributed by atoms with Crippen LogP contribution in [0.15, 0.2) is 48.8 Å². The van der Waals surface area contributed by atoms with Gasteiger partial charge in [0.1, 0.15) is 18.0 Å². The predicted molar refractivity (Wildman–Crippen MR) is 173 cm³/mol. The van der Waals surface area contributed by atoms with Crippen molar-refractivity contribution in [2.75, 3.05) is 29.9 Å². The summed E-state index contributed by atoms with van der Waals surface area (Å²) in [4.78, 5) is 33.3. The van der Waals surface area contributed by atoms with Crippen LogP contribution in [-0.2, 0) is 37.3 Å². The van der Waals surface area contributed by atoms with Crippen LogP contribution < -0.4 is 15.5 Å². The first-order valence-corrected chi connectivity index (χ1v) is 15.9. The summed E-state index contributed by atoms with van der Waals surface area (Å²) >= 11 is 0. The number of piperazine rings is 1. The lowest BCUT2D eigenvalue weighted by Gasteiger charge is -2.31. The molecule has 1 saturated heterocycles. The first kappa shape index (κ1) is 35.3. The molecule has 0 unspecified atom stereocenters. The van der Waals surface area contributed by atoms with Crippen LogP contribution in [0.4, 0.5) is 38.0 Å². The molecule has 2 aliphatic rings. The van der Waals surface area contributed by atoms with Gasteiger partial charge in [0.15, 0.2) is 5.82 Å². The van der Waals surface area contributed by atoms with E-state index in [0.29, 0.717) is 13.0 Å². The Morgan fingerprint density at radius 2 is 1.78 bits per heavy atom. The van der Waals surface area contributed by atoms with E-state index in [-0.39, 0.29) is 88.8 Å². The number of nitriles is 1. The van der Waals surface area contributed by atoms with Crippen molar-refractivity contribution < 1.29 is 35.9 Å². The number of unbranched alkanes of at least 4 members (excludes halogenated alkanes) is 1. The zero-order chi connectivity index (χ0) is 36.7. The third-order valence-corrected chi connectivity index (χ3v) is 8.59. The molecule has 17 heteroatoms. The zero-order valence-electron chi connectivity index (χ0n) is 27.4. The summed E-state index contributed by atoms with van der Waals surface area (Å²) in [6, 6.07) is 10.1. The van der Waals surface area contributed by atoms with E-state index >= 15 is 0 Å². The van der Waals surface area contributed by atoms with Gasteiger partial charge in [-0.1, -0.05) is 0 Å². The number of nitrogens with zero attached hydrogens (tertiary/aromatic N) is 7. The Morgan fingerprint density at radius 3 is 2.45 bits per heavy atom. The predicted octanol–water partition coefficient (Wildman–Crippen LogP) is 5.78. The Hall–Kier alpha value is -5.50. The first-order valence-electron chi connectivity index (χ1n) is 15.9. The number of benzene rings is 2. The molecule has 2 aromatic carbocycles. The molecule has 2 aliphatic heterocycles. The van der Waals surface area contributed by atoms with Crippen LogP contribution in [0.3, 0.4) is 0 Å². The summed E-state index contributed by atoms with van der Waals surface area (Å²) in [5.41, 5.74) is -1.73. The summed E-state index contributed by atoms with van der Waals surface area (Å²) in [5.74, 6) is -0.777. The van der Waals surface area contributed by atoms with Crippen molar-refractivity contribution in [2.45, 2.75) is 51.2 Å². The number of carbonyl (C=O) groups excluding carboxylic acids is 2. The summed E-state index contributed by atoms with van der Waals surface area (Å²) in [5, 5.41) is 22.6. The van der Waals surface area contributed by atoms with E-state index in [1.807, 2.05) is 6.07 Å². The molecule has 51 heavy (non-hydrogen) atoms. The number of carbonyl (C=O) groups is 2. The van der Waals surface area contributed by atoms with Crippen molar-refractivity contribution in [3.05, 3.63) is 76.6 Å². The quantitative estimate of drug-likeness (QED) is 0.165. The number of halogens is 6. The van der Waals surface area contributed by atoms with E-state index < -0.39 is 35.9 Å². The van der Waals surface area contributed by atoms with Gasteiger partial charge in [-0.25, -0.2) is 4.98 Å². The Bertz CT molecular complexity index is 2040. The average molecular weight is 712 g/mol. The van der Waals surface area contributed by atoms with Gasteiger partial charge in [0.05, 0.1) is 30.3 Å². The van der Waals surface area contributed by atoms with Crippen molar-refractivity contribution in [1.29, 1.82) is 5.26 Å². The minimum atomic E-state index is -4.82. The first-order chi connectivity index (χ1) is 24.1. The SMILES string of the molecule is C[C@H]1CN(Cc2cc3c(c(C(F)(F)F)c2)CN(c2cc(-c4cc(C(F)(F)F)ccc4-c4nncn4C)cc(NCCCC#N)n2)C3=O)CC(=O)N1. The lowest BCUT2D eigenvalue weighted by Crippen LogP contribution is -2.52. The largest absolute Gasteiger partial charge is 0.416 e. The molecule has 2 aromatic heterocycles. The number of nitrogens with one attached hydrogen (secondary N) is 2. The maximum Gasteiger partial charge on any atom is 0.416 e. The highest BCUT2D eigenvalue weighted by molar-refractivity contribution is 6.10. The smallest absolute Gasteiger partial charge is 0.370 e. The number of hydrogen-bond acceptors (Lipinski definition) is 8. The fourth-order valence-electron chi connectivity index (χ4n) is 6.36. The summed E-state index contributed by atoms with van der Waals surface area (Å²) < 4.78 is 87.0. The van der Waals surface area contributed by atoms with Crippen LogP contribution in [0.5, 0.6) is 0 Å². The molecule has 1 atom stereocenters. The molecule has 1 fully saturated rings. The van der Waals surface area contributed by atoms with E-state index in [0.717, 1.165) is 23.1 Å². The topological polar surface area (TPSA) is 132 Å². The van der Waals surface area contributed by atoms with Crippen molar-refractivity contribution in [3.63, 3.8) is 0 Å². The van der Waals surface area contributed by atoms with Gasteiger partial charge in [0.25, 0.3) is 5.91 Å². The fourth-order valence-corrected chi connectivity index (χ4v) is 6.36. The lowest BCUT2D eigenvalue weighted by molar-refractivity contribution is -0.138. The summed E-state index contributed by atoms with van der Waals surface area (Å²) in [6.07, 6.45) is -7.56. The minimum Gasteiger partial charge on any atom is -0.370 e. The van der Waals surface area contributed by atoms with Crippen LogP contribution in [0.1, 0.15) is 52.4 Å². The highest BCUT2D eigenvalue weighted by atomic mass is 19.4. The number of alkyl halides is 6. The van der Waals surface area contributed by atoms with Gasteiger partial charge >= 0.3 is 12.4 Å². The maximum atomic E-state index is 14.5. The second kappa shape index (κ2) is 13.7. The lowest BCUT2D eigenvalue weighted by atomic mass is 9.96. The van der Waals surface area contributed by atoms with E-state index in [1.165, 1.54) is 35.2 Å². The maximum absolute atomic E-state index is 14.5. The second-order valence-corrected chi connectivity index (χ2v) is 12.5. The number of aromatic nitrogens is 4. The van der Waals surface area contributed by atoms with Crippen LogP contribution >= 0.6 is 0 Å². The molecule has 0 bridgehead atoms. The average Bonchev–Trinajstić information content (AvgIpc) is 3.63. The number of fused-ring (bicyclic) bond motifs is 1. The van der Waals surface area contributed by atoms with Gasteiger partial charge in [-0.05, 0) is 78.1 Å². The molecular weight excluding hydrogens is 680 g/mol. The monoisotopic (exact) mass is 711 g/mol. The van der Waals surface area contributed by atoms with E-state index in [1.54, 1.807) is 18.9 Å². The zero-order valence-corrected chi connectivity index (χ0v) is 27.4. The van der Waals surface area contributed by atoms with E-state index in [9.17, 15) is 35.9 Å². The number of anilines is 2.